The highest BCUT2D eigenvalue weighted by atomic mass is 35.5. The van der Waals surface area contributed by atoms with Crippen LogP contribution in [-0.4, -0.2) is 20.1 Å². The predicted octanol–water partition coefficient (Wildman–Crippen LogP) is 6.09. The Kier molecular flexibility index (Phi) is 3.84. The fourth-order valence-corrected chi connectivity index (χ4v) is 4.22. The van der Waals surface area contributed by atoms with Gasteiger partial charge in [0.25, 0.3) is 5.89 Å². The molecule has 1 aliphatic heterocycles. The van der Waals surface area contributed by atoms with Crippen LogP contribution < -0.4 is 4.74 Å². The molecule has 2 aromatic carbocycles. The lowest BCUT2D eigenvalue weighted by Gasteiger charge is -2.31. The highest BCUT2D eigenvalue weighted by Gasteiger charge is 2.37. The summed E-state index contributed by atoms with van der Waals surface area (Å²) < 4.78 is 26.2. The van der Waals surface area contributed by atoms with Gasteiger partial charge in [-0.3, -0.25) is 0 Å². The Morgan fingerprint density at radius 3 is 2.77 bits per heavy atom. The van der Waals surface area contributed by atoms with E-state index in [2.05, 4.69) is 15.1 Å². The SMILES string of the molecule is CC1(C)Oc2cc(-c3nc(C4CC4)no3)ccc2-c2nc(-c3c(F)cccc3Cl)[nH]c21. The van der Waals surface area contributed by atoms with Crippen LogP contribution in [0.3, 0.4) is 0 Å². The minimum absolute atomic E-state index is 0.242. The Morgan fingerprint density at radius 1 is 1.16 bits per heavy atom. The minimum atomic E-state index is -0.710. The molecule has 1 N–H and O–H groups in total. The van der Waals surface area contributed by atoms with Crippen molar-refractivity contribution in [2.24, 2.45) is 0 Å². The van der Waals surface area contributed by atoms with Crippen molar-refractivity contribution in [1.82, 2.24) is 20.1 Å². The Hall–Kier alpha value is -3.19. The van der Waals surface area contributed by atoms with Gasteiger partial charge in [0.05, 0.1) is 22.0 Å². The van der Waals surface area contributed by atoms with Gasteiger partial charge in [0, 0.05) is 17.0 Å². The first-order valence-electron chi connectivity index (χ1n) is 10.1. The van der Waals surface area contributed by atoms with Crippen molar-refractivity contribution in [1.29, 1.82) is 0 Å². The number of hydrogen-bond donors (Lipinski definition) is 1. The summed E-state index contributed by atoms with van der Waals surface area (Å²) in [6.07, 6.45) is 2.22. The van der Waals surface area contributed by atoms with Crippen LogP contribution in [0.2, 0.25) is 5.02 Å². The molecule has 0 radical (unpaired) electrons. The molecule has 1 fully saturated rings. The maximum Gasteiger partial charge on any atom is 0.258 e. The van der Waals surface area contributed by atoms with Crippen LogP contribution in [0.4, 0.5) is 4.39 Å². The van der Waals surface area contributed by atoms with Crippen LogP contribution in [0.1, 0.15) is 44.1 Å². The molecule has 0 spiro atoms. The maximum atomic E-state index is 14.5. The van der Waals surface area contributed by atoms with E-state index in [4.69, 9.17) is 25.8 Å². The number of nitrogens with zero attached hydrogens (tertiary/aromatic N) is 3. The number of benzene rings is 2. The van der Waals surface area contributed by atoms with Gasteiger partial charge in [-0.15, -0.1) is 0 Å². The second-order valence-corrected chi connectivity index (χ2v) is 8.87. The molecule has 0 unspecified atom stereocenters. The zero-order valence-electron chi connectivity index (χ0n) is 16.9. The van der Waals surface area contributed by atoms with E-state index in [1.165, 1.54) is 6.07 Å². The summed E-state index contributed by atoms with van der Waals surface area (Å²) in [5, 5.41) is 4.39. The van der Waals surface area contributed by atoms with Gasteiger partial charge in [0.2, 0.25) is 0 Å². The van der Waals surface area contributed by atoms with E-state index in [1.54, 1.807) is 12.1 Å². The smallest absolute Gasteiger partial charge is 0.258 e. The summed E-state index contributed by atoms with van der Waals surface area (Å²) in [5.74, 6) is 2.23. The summed E-state index contributed by atoms with van der Waals surface area (Å²) in [5.41, 5.74) is 2.58. The van der Waals surface area contributed by atoms with Crippen LogP contribution in [0, 0.1) is 5.82 Å². The Balaban J connectivity index is 1.46. The molecule has 4 aromatic rings. The number of imidazole rings is 1. The van der Waals surface area contributed by atoms with Gasteiger partial charge >= 0.3 is 0 Å². The molecule has 2 aromatic heterocycles. The second-order valence-electron chi connectivity index (χ2n) is 8.46. The lowest BCUT2D eigenvalue weighted by atomic mass is 9.94. The normalized spacial score (nSPS) is 16.5. The lowest BCUT2D eigenvalue weighted by Crippen LogP contribution is -2.29. The van der Waals surface area contributed by atoms with Crippen molar-refractivity contribution < 1.29 is 13.7 Å². The number of aromatic nitrogens is 4. The number of H-pyrrole nitrogens is 1. The second kappa shape index (κ2) is 6.40. The molecule has 2 aliphatic rings. The lowest BCUT2D eigenvalue weighted by molar-refractivity contribution is 0.101. The molecule has 1 saturated carbocycles. The molecule has 8 heteroatoms. The van der Waals surface area contributed by atoms with Crippen LogP contribution in [0.25, 0.3) is 34.1 Å². The number of nitrogens with one attached hydrogen (secondary N) is 1. The van der Waals surface area contributed by atoms with E-state index in [-0.39, 0.29) is 5.56 Å². The fourth-order valence-electron chi connectivity index (χ4n) is 3.97. The standard InChI is InChI=1S/C23H18ClFN4O2/c1-23(2)19-18(26-21(27-19)17-14(24)4-3-5-15(17)25)13-9-8-12(10-16(13)30-23)22-28-20(29-31-22)11-6-7-11/h3-5,8-11H,6-7H2,1-2H3,(H,26,27). The van der Waals surface area contributed by atoms with Gasteiger partial charge in [0.15, 0.2) is 5.82 Å². The highest BCUT2D eigenvalue weighted by molar-refractivity contribution is 6.33. The van der Waals surface area contributed by atoms with Crippen LogP contribution in [0.5, 0.6) is 5.75 Å². The summed E-state index contributed by atoms with van der Waals surface area (Å²) in [6.45, 7) is 3.87. The van der Waals surface area contributed by atoms with E-state index in [1.807, 2.05) is 32.0 Å². The average Bonchev–Trinajstić information content (AvgIpc) is 3.28. The molecular formula is C23H18ClFN4O2. The zero-order valence-corrected chi connectivity index (χ0v) is 17.6. The first-order chi connectivity index (χ1) is 14.9. The summed E-state index contributed by atoms with van der Waals surface area (Å²) in [7, 11) is 0. The van der Waals surface area contributed by atoms with Gasteiger partial charge < -0.3 is 14.2 Å². The molecule has 0 bridgehead atoms. The number of aromatic amines is 1. The number of ether oxygens (including phenoxy) is 1. The number of halogens is 2. The molecule has 156 valence electrons. The van der Waals surface area contributed by atoms with Crippen molar-refractivity contribution in [2.45, 2.75) is 38.2 Å². The maximum absolute atomic E-state index is 14.5. The molecule has 1 aliphatic carbocycles. The van der Waals surface area contributed by atoms with Crippen LogP contribution >= 0.6 is 11.6 Å². The fraction of sp³-hybridized carbons (Fsp3) is 0.261. The van der Waals surface area contributed by atoms with Crippen LogP contribution in [-0.2, 0) is 5.60 Å². The average molecular weight is 437 g/mol. The Bertz CT molecular complexity index is 1320. The molecule has 3 heterocycles. The molecule has 0 amide bonds. The summed E-state index contributed by atoms with van der Waals surface area (Å²) >= 11 is 6.26. The molecule has 6 rings (SSSR count). The van der Waals surface area contributed by atoms with E-state index < -0.39 is 11.4 Å². The van der Waals surface area contributed by atoms with Crippen molar-refractivity contribution >= 4 is 11.6 Å². The van der Waals surface area contributed by atoms with Gasteiger partial charge in [-0.1, -0.05) is 22.8 Å². The van der Waals surface area contributed by atoms with Gasteiger partial charge in [0.1, 0.15) is 23.0 Å². The first-order valence-corrected chi connectivity index (χ1v) is 10.5. The molecule has 31 heavy (non-hydrogen) atoms. The first kappa shape index (κ1) is 18.6. The van der Waals surface area contributed by atoms with E-state index in [0.29, 0.717) is 34.1 Å². The molecule has 0 saturated heterocycles. The van der Waals surface area contributed by atoms with E-state index in [0.717, 1.165) is 35.5 Å². The molecule has 6 nitrogen and oxygen atoms in total. The van der Waals surface area contributed by atoms with Gasteiger partial charge in [-0.25, -0.2) is 9.37 Å². The summed E-state index contributed by atoms with van der Waals surface area (Å²) in [4.78, 5) is 12.5. The third kappa shape index (κ3) is 2.95. The third-order valence-electron chi connectivity index (χ3n) is 5.74. The van der Waals surface area contributed by atoms with E-state index in [9.17, 15) is 4.39 Å². The Morgan fingerprint density at radius 2 is 2.00 bits per heavy atom. The molecule has 0 atom stereocenters. The van der Waals surface area contributed by atoms with Gasteiger partial charge in [-0.2, -0.15) is 4.98 Å². The van der Waals surface area contributed by atoms with Gasteiger partial charge in [-0.05, 0) is 57.0 Å². The highest BCUT2D eigenvalue weighted by Crippen LogP contribution is 2.47. The van der Waals surface area contributed by atoms with E-state index >= 15 is 0 Å². The largest absolute Gasteiger partial charge is 0.481 e. The zero-order chi connectivity index (χ0) is 21.3. The minimum Gasteiger partial charge on any atom is -0.481 e. The number of fused-ring (bicyclic) bond motifs is 3. The topological polar surface area (TPSA) is 76.8 Å². The monoisotopic (exact) mass is 436 g/mol. The van der Waals surface area contributed by atoms with Crippen molar-refractivity contribution in [2.75, 3.05) is 0 Å². The molecular weight excluding hydrogens is 419 g/mol. The number of hydrogen-bond acceptors (Lipinski definition) is 5. The van der Waals surface area contributed by atoms with Crippen molar-refractivity contribution in [3.8, 4) is 39.8 Å². The predicted molar refractivity (Wildman–Crippen MR) is 113 cm³/mol. The van der Waals surface area contributed by atoms with Crippen molar-refractivity contribution in [3.05, 3.63) is 58.8 Å². The van der Waals surface area contributed by atoms with Crippen molar-refractivity contribution in [3.63, 3.8) is 0 Å². The van der Waals surface area contributed by atoms with Crippen LogP contribution in [0.15, 0.2) is 40.9 Å². The summed E-state index contributed by atoms with van der Waals surface area (Å²) in [6, 6.07) is 10.3. The third-order valence-corrected chi connectivity index (χ3v) is 6.05. The number of rotatable bonds is 3. The Labute approximate surface area is 182 Å². The quantitative estimate of drug-likeness (QED) is 0.420.